The van der Waals surface area contributed by atoms with Crippen molar-refractivity contribution in [2.75, 3.05) is 0 Å². The van der Waals surface area contributed by atoms with Crippen molar-refractivity contribution in [1.82, 2.24) is 15.0 Å². The summed E-state index contributed by atoms with van der Waals surface area (Å²) in [5.41, 5.74) is 2.18. The molecule has 3 aromatic rings. The molecular weight excluding hydrogens is 368 g/mol. The number of hydroxylamine groups is 1. The lowest BCUT2D eigenvalue weighted by molar-refractivity contribution is -0.124. The second kappa shape index (κ2) is 7.69. The van der Waals surface area contributed by atoms with E-state index in [1.807, 2.05) is 6.92 Å². The van der Waals surface area contributed by atoms with Crippen molar-refractivity contribution < 1.29 is 18.8 Å². The molecule has 1 heterocycles. The third-order valence-electron chi connectivity index (χ3n) is 4.30. The SMILES string of the molecule is CCc1nc2cc(F)c(/C=C/C(=O)NO)cc2c(=O)n1-c1ccc(F)cc1C. The summed E-state index contributed by atoms with van der Waals surface area (Å²) in [6.07, 6.45) is 2.48. The van der Waals surface area contributed by atoms with Gasteiger partial charge in [0.1, 0.15) is 17.5 Å². The second-order valence-corrected chi connectivity index (χ2v) is 6.15. The van der Waals surface area contributed by atoms with E-state index in [9.17, 15) is 18.4 Å². The number of hydrogen-bond acceptors (Lipinski definition) is 4. The first-order chi connectivity index (χ1) is 13.3. The number of amides is 1. The number of aryl methyl sites for hydroxylation is 2. The number of carbonyl (C=O) groups excluding carboxylic acids is 1. The van der Waals surface area contributed by atoms with Gasteiger partial charge in [-0.1, -0.05) is 6.92 Å². The van der Waals surface area contributed by atoms with E-state index < -0.39 is 23.1 Å². The number of halogens is 2. The van der Waals surface area contributed by atoms with E-state index >= 15 is 0 Å². The van der Waals surface area contributed by atoms with Gasteiger partial charge in [-0.2, -0.15) is 0 Å². The standard InChI is InChI=1S/C20H17F2N3O3/c1-3-18-23-16-10-15(22)12(4-7-19(26)24-28)9-14(16)20(27)25(18)17-6-5-13(21)8-11(17)2/h4-10,28H,3H2,1-2H3,(H,24,26)/b7-4+. The zero-order valence-corrected chi connectivity index (χ0v) is 15.2. The zero-order chi connectivity index (χ0) is 20.4. The Hall–Kier alpha value is -3.39. The van der Waals surface area contributed by atoms with Crippen molar-refractivity contribution in [3.63, 3.8) is 0 Å². The molecule has 3 rings (SSSR count). The third kappa shape index (κ3) is 3.54. The van der Waals surface area contributed by atoms with Gasteiger partial charge in [0, 0.05) is 24.1 Å². The minimum absolute atomic E-state index is 0.0124. The molecule has 0 atom stereocenters. The van der Waals surface area contributed by atoms with Gasteiger partial charge in [-0.25, -0.2) is 19.2 Å². The molecular formula is C20H17F2N3O3. The minimum atomic E-state index is -0.835. The van der Waals surface area contributed by atoms with Gasteiger partial charge >= 0.3 is 0 Å². The highest BCUT2D eigenvalue weighted by Crippen LogP contribution is 2.21. The van der Waals surface area contributed by atoms with Gasteiger partial charge < -0.3 is 0 Å². The van der Waals surface area contributed by atoms with Crippen LogP contribution in [0.25, 0.3) is 22.7 Å². The molecule has 0 radical (unpaired) electrons. The molecule has 0 fully saturated rings. The largest absolute Gasteiger partial charge is 0.288 e. The lowest BCUT2D eigenvalue weighted by Crippen LogP contribution is -2.24. The van der Waals surface area contributed by atoms with E-state index in [1.165, 1.54) is 34.3 Å². The van der Waals surface area contributed by atoms with Crippen molar-refractivity contribution in [2.24, 2.45) is 0 Å². The Labute approximate surface area is 158 Å². The Morgan fingerprint density at radius 3 is 2.68 bits per heavy atom. The lowest BCUT2D eigenvalue weighted by Gasteiger charge is -2.15. The van der Waals surface area contributed by atoms with Crippen LogP contribution in [0.2, 0.25) is 0 Å². The summed E-state index contributed by atoms with van der Waals surface area (Å²) in [5.74, 6) is -1.51. The predicted octanol–water partition coefficient (Wildman–Crippen LogP) is 3.05. The van der Waals surface area contributed by atoms with Crippen molar-refractivity contribution >= 4 is 22.9 Å². The number of fused-ring (bicyclic) bond motifs is 1. The molecule has 2 aromatic carbocycles. The Bertz CT molecular complexity index is 1170. The molecule has 0 aliphatic carbocycles. The summed E-state index contributed by atoms with van der Waals surface area (Å²) in [4.78, 5) is 28.7. The van der Waals surface area contributed by atoms with Crippen molar-refractivity contribution in [1.29, 1.82) is 0 Å². The number of rotatable bonds is 4. The molecule has 1 amide bonds. The molecule has 0 aliphatic rings. The van der Waals surface area contributed by atoms with Crippen LogP contribution in [0.5, 0.6) is 0 Å². The number of nitrogens with one attached hydrogen (secondary N) is 1. The Morgan fingerprint density at radius 1 is 1.29 bits per heavy atom. The van der Waals surface area contributed by atoms with Crippen LogP contribution in [0.3, 0.4) is 0 Å². The van der Waals surface area contributed by atoms with E-state index in [0.717, 1.165) is 18.2 Å². The van der Waals surface area contributed by atoms with Gasteiger partial charge in [-0.15, -0.1) is 0 Å². The van der Waals surface area contributed by atoms with Gasteiger partial charge in [-0.3, -0.25) is 19.4 Å². The van der Waals surface area contributed by atoms with Crippen molar-refractivity contribution in [3.8, 4) is 5.69 Å². The normalized spacial score (nSPS) is 11.3. The Balaban J connectivity index is 2.29. The molecule has 0 saturated heterocycles. The summed E-state index contributed by atoms with van der Waals surface area (Å²) < 4.78 is 29.2. The summed E-state index contributed by atoms with van der Waals surface area (Å²) >= 11 is 0. The first kappa shape index (κ1) is 19.4. The Morgan fingerprint density at radius 2 is 2.04 bits per heavy atom. The van der Waals surface area contributed by atoms with Crippen LogP contribution in [0, 0.1) is 18.6 Å². The van der Waals surface area contributed by atoms with Crippen LogP contribution in [0.15, 0.2) is 41.2 Å². The monoisotopic (exact) mass is 385 g/mol. The number of nitrogens with zero attached hydrogens (tertiary/aromatic N) is 2. The third-order valence-corrected chi connectivity index (χ3v) is 4.30. The van der Waals surface area contributed by atoms with Gasteiger partial charge in [0.25, 0.3) is 11.5 Å². The topological polar surface area (TPSA) is 84.2 Å². The average molecular weight is 385 g/mol. The smallest absolute Gasteiger partial charge is 0.267 e. The van der Waals surface area contributed by atoms with Crippen LogP contribution in [0.1, 0.15) is 23.9 Å². The summed E-state index contributed by atoms with van der Waals surface area (Å²) in [5, 5.41) is 8.67. The maximum Gasteiger partial charge on any atom is 0.267 e. The molecule has 144 valence electrons. The lowest BCUT2D eigenvalue weighted by atomic mass is 10.1. The number of hydrogen-bond donors (Lipinski definition) is 2. The molecule has 6 nitrogen and oxygen atoms in total. The van der Waals surface area contributed by atoms with E-state index in [4.69, 9.17) is 5.21 Å². The summed E-state index contributed by atoms with van der Waals surface area (Å²) in [7, 11) is 0. The fourth-order valence-corrected chi connectivity index (χ4v) is 2.96. The molecule has 0 unspecified atom stereocenters. The molecule has 0 aliphatic heterocycles. The number of carbonyl (C=O) groups is 1. The van der Waals surface area contributed by atoms with Crippen LogP contribution in [0.4, 0.5) is 8.78 Å². The molecule has 28 heavy (non-hydrogen) atoms. The van der Waals surface area contributed by atoms with E-state index in [0.29, 0.717) is 23.5 Å². The van der Waals surface area contributed by atoms with Crippen LogP contribution >= 0.6 is 0 Å². The minimum Gasteiger partial charge on any atom is -0.288 e. The number of benzene rings is 2. The van der Waals surface area contributed by atoms with Gasteiger partial charge in [-0.05, 0) is 42.8 Å². The fraction of sp³-hybridized carbons (Fsp3) is 0.150. The molecule has 8 heteroatoms. The highest BCUT2D eigenvalue weighted by atomic mass is 19.1. The first-order valence-corrected chi connectivity index (χ1v) is 8.49. The summed E-state index contributed by atoms with van der Waals surface area (Å²) in [6, 6.07) is 6.47. The number of aromatic nitrogens is 2. The van der Waals surface area contributed by atoms with Crippen LogP contribution in [-0.2, 0) is 11.2 Å². The van der Waals surface area contributed by atoms with Crippen molar-refractivity contribution in [3.05, 3.63) is 75.3 Å². The van der Waals surface area contributed by atoms with E-state index in [2.05, 4.69) is 4.98 Å². The maximum absolute atomic E-state index is 14.3. The molecule has 0 bridgehead atoms. The average Bonchev–Trinajstić information content (AvgIpc) is 2.67. The fourth-order valence-electron chi connectivity index (χ4n) is 2.96. The molecule has 0 spiro atoms. The van der Waals surface area contributed by atoms with E-state index in [-0.39, 0.29) is 16.5 Å². The maximum atomic E-state index is 14.3. The molecule has 0 saturated carbocycles. The molecule has 1 aromatic heterocycles. The highest BCUT2D eigenvalue weighted by Gasteiger charge is 2.15. The van der Waals surface area contributed by atoms with Crippen LogP contribution < -0.4 is 11.0 Å². The Kier molecular flexibility index (Phi) is 5.32. The van der Waals surface area contributed by atoms with Gasteiger partial charge in [0.2, 0.25) is 0 Å². The summed E-state index contributed by atoms with van der Waals surface area (Å²) in [6.45, 7) is 3.49. The predicted molar refractivity (Wildman–Crippen MR) is 100 cm³/mol. The van der Waals surface area contributed by atoms with Gasteiger partial charge in [0.05, 0.1) is 16.6 Å². The van der Waals surface area contributed by atoms with Crippen molar-refractivity contribution in [2.45, 2.75) is 20.3 Å². The first-order valence-electron chi connectivity index (χ1n) is 8.49. The van der Waals surface area contributed by atoms with Crippen LogP contribution in [-0.4, -0.2) is 20.7 Å². The quantitative estimate of drug-likeness (QED) is 0.411. The second-order valence-electron chi connectivity index (χ2n) is 6.15. The zero-order valence-electron chi connectivity index (χ0n) is 15.2. The highest BCUT2D eigenvalue weighted by molar-refractivity contribution is 5.91. The van der Waals surface area contributed by atoms with Gasteiger partial charge in [0.15, 0.2) is 0 Å². The van der Waals surface area contributed by atoms with E-state index in [1.54, 1.807) is 6.92 Å². The molecule has 2 N–H and O–H groups in total.